The summed E-state index contributed by atoms with van der Waals surface area (Å²) in [4.78, 5) is 33.0. The number of hydrogen-bond donors (Lipinski definition) is 2. The number of carbonyl (C=O) groups is 2. The Morgan fingerprint density at radius 3 is 2.43 bits per heavy atom. The van der Waals surface area contributed by atoms with Crippen LogP contribution in [0.25, 0.3) is 10.9 Å². The van der Waals surface area contributed by atoms with Crippen LogP contribution >= 0.6 is 11.6 Å². The van der Waals surface area contributed by atoms with Crippen LogP contribution in [-0.2, 0) is 10.4 Å². The van der Waals surface area contributed by atoms with Gasteiger partial charge in [-0.15, -0.1) is 0 Å². The number of rotatable bonds is 5. The zero-order valence-electron chi connectivity index (χ0n) is 20.6. The number of hydrogen-bond acceptors (Lipinski definition) is 4. The fourth-order valence-electron chi connectivity index (χ4n) is 4.99. The molecular formula is C28H32ClN3O3. The van der Waals surface area contributed by atoms with Gasteiger partial charge in [-0.1, -0.05) is 69.6 Å². The first kappa shape index (κ1) is 25.1. The molecule has 1 aliphatic heterocycles. The Labute approximate surface area is 211 Å². The van der Waals surface area contributed by atoms with E-state index >= 15 is 0 Å². The lowest BCUT2D eigenvalue weighted by atomic mass is 9.66. The molecule has 0 radical (unpaired) electrons. The van der Waals surface area contributed by atoms with Gasteiger partial charge in [-0.05, 0) is 42.2 Å². The number of benzene rings is 2. The third-order valence-electron chi connectivity index (χ3n) is 7.20. The zero-order chi connectivity index (χ0) is 25.4. The molecule has 0 spiro atoms. The first-order valence-corrected chi connectivity index (χ1v) is 12.3. The number of halogens is 1. The molecule has 35 heavy (non-hydrogen) atoms. The molecular weight excluding hydrogens is 462 g/mol. The van der Waals surface area contributed by atoms with Gasteiger partial charge in [-0.25, -0.2) is 0 Å². The van der Waals surface area contributed by atoms with Crippen LogP contribution in [0.3, 0.4) is 0 Å². The molecule has 0 saturated carbocycles. The Bertz CT molecular complexity index is 1240. The largest absolute Gasteiger partial charge is 0.384 e. The molecule has 1 saturated heterocycles. The highest BCUT2D eigenvalue weighted by Gasteiger charge is 2.50. The van der Waals surface area contributed by atoms with Crippen molar-refractivity contribution in [3.8, 4) is 0 Å². The Morgan fingerprint density at radius 1 is 1.09 bits per heavy atom. The predicted octanol–water partition coefficient (Wildman–Crippen LogP) is 4.79. The van der Waals surface area contributed by atoms with Gasteiger partial charge >= 0.3 is 0 Å². The number of piperidine rings is 1. The number of aromatic nitrogens is 1. The number of carbonyl (C=O) groups excluding carboxylic acids is 2. The third kappa shape index (κ3) is 4.78. The van der Waals surface area contributed by atoms with E-state index in [-0.39, 0.29) is 17.7 Å². The highest BCUT2D eigenvalue weighted by atomic mass is 35.5. The normalized spacial score (nSPS) is 20.6. The molecule has 2 atom stereocenters. The molecule has 4 rings (SSSR count). The van der Waals surface area contributed by atoms with Gasteiger partial charge in [0.05, 0.1) is 16.7 Å². The van der Waals surface area contributed by atoms with E-state index in [1.165, 1.54) is 0 Å². The number of nitrogens with zero attached hydrogens (tertiary/aromatic N) is 2. The molecule has 0 unspecified atom stereocenters. The molecule has 184 valence electrons. The van der Waals surface area contributed by atoms with E-state index in [2.05, 4.69) is 10.3 Å². The van der Waals surface area contributed by atoms with Crippen LogP contribution in [0.5, 0.6) is 0 Å². The van der Waals surface area contributed by atoms with E-state index in [0.717, 1.165) is 16.5 Å². The van der Waals surface area contributed by atoms with Crippen molar-refractivity contribution in [2.75, 3.05) is 13.1 Å². The predicted molar refractivity (Wildman–Crippen MR) is 138 cm³/mol. The van der Waals surface area contributed by atoms with Gasteiger partial charge in [-0.3, -0.25) is 14.6 Å². The van der Waals surface area contributed by atoms with Crippen LogP contribution in [0, 0.1) is 11.3 Å². The number of amides is 2. The maximum Gasteiger partial charge on any atom is 0.252 e. The number of nitrogens with one attached hydrogen (secondary N) is 1. The fourth-order valence-corrected chi connectivity index (χ4v) is 5.12. The second-order valence-electron chi connectivity index (χ2n) is 10.3. The van der Waals surface area contributed by atoms with Crippen LogP contribution < -0.4 is 5.32 Å². The van der Waals surface area contributed by atoms with Crippen molar-refractivity contribution < 1.29 is 14.7 Å². The van der Waals surface area contributed by atoms with Crippen LogP contribution in [0.15, 0.2) is 60.8 Å². The van der Waals surface area contributed by atoms with Crippen molar-refractivity contribution in [1.82, 2.24) is 15.2 Å². The molecule has 0 aliphatic carbocycles. The summed E-state index contributed by atoms with van der Waals surface area (Å²) >= 11 is 6.04. The van der Waals surface area contributed by atoms with Gasteiger partial charge in [0.25, 0.3) is 5.91 Å². The van der Waals surface area contributed by atoms with Gasteiger partial charge in [0.2, 0.25) is 5.91 Å². The van der Waals surface area contributed by atoms with E-state index in [1.54, 1.807) is 29.3 Å². The molecule has 0 bridgehead atoms. The summed E-state index contributed by atoms with van der Waals surface area (Å²) in [5.74, 6) is -0.553. The van der Waals surface area contributed by atoms with Crippen molar-refractivity contribution in [2.24, 2.45) is 11.3 Å². The van der Waals surface area contributed by atoms with Crippen molar-refractivity contribution in [3.63, 3.8) is 0 Å². The van der Waals surface area contributed by atoms with Crippen LogP contribution in [-0.4, -0.2) is 45.9 Å². The van der Waals surface area contributed by atoms with E-state index in [9.17, 15) is 14.7 Å². The second-order valence-corrected chi connectivity index (χ2v) is 10.8. The van der Waals surface area contributed by atoms with Crippen LogP contribution in [0.4, 0.5) is 0 Å². The Morgan fingerprint density at radius 2 is 1.77 bits per heavy atom. The molecule has 2 heterocycles. The monoisotopic (exact) mass is 493 g/mol. The highest BCUT2D eigenvalue weighted by molar-refractivity contribution is 6.30. The lowest BCUT2D eigenvalue weighted by Crippen LogP contribution is -2.60. The lowest BCUT2D eigenvalue weighted by molar-refractivity contribution is -0.155. The standard InChI is InChI=1S/C28H32ClN3O3/c1-18(2)24(31-25(33)22-13-15-30-23-8-6-5-7-21(22)23)26(34)32-16-14-28(35,27(3,4)17-32)19-9-11-20(29)12-10-19/h5-13,15,18,24,35H,14,16-17H2,1-4H3,(H,31,33)/t24-,28+/m1/s1. The molecule has 1 aromatic heterocycles. The molecule has 2 amide bonds. The lowest BCUT2D eigenvalue weighted by Gasteiger charge is -2.51. The number of fused-ring (bicyclic) bond motifs is 1. The van der Waals surface area contributed by atoms with Gasteiger partial charge in [0.15, 0.2) is 0 Å². The molecule has 2 aromatic carbocycles. The zero-order valence-corrected chi connectivity index (χ0v) is 21.3. The molecule has 1 aliphatic rings. The molecule has 2 N–H and O–H groups in total. The number of aliphatic hydroxyl groups is 1. The van der Waals surface area contributed by atoms with E-state index in [0.29, 0.717) is 30.1 Å². The van der Waals surface area contributed by atoms with Crippen molar-refractivity contribution in [1.29, 1.82) is 0 Å². The Kier molecular flexibility index (Phi) is 6.89. The number of pyridine rings is 1. The Balaban J connectivity index is 1.54. The SMILES string of the molecule is CC(C)[C@@H](NC(=O)c1ccnc2ccccc12)C(=O)N1CC[C@](O)(c2ccc(Cl)cc2)C(C)(C)C1. The van der Waals surface area contributed by atoms with E-state index in [1.807, 2.05) is 64.1 Å². The maximum absolute atomic E-state index is 13.6. The fraction of sp³-hybridized carbons (Fsp3) is 0.393. The topological polar surface area (TPSA) is 82.5 Å². The molecule has 7 heteroatoms. The molecule has 1 fully saturated rings. The van der Waals surface area contributed by atoms with E-state index < -0.39 is 17.1 Å². The van der Waals surface area contributed by atoms with Gasteiger partial charge in [-0.2, -0.15) is 0 Å². The highest BCUT2D eigenvalue weighted by Crippen LogP contribution is 2.46. The summed E-state index contributed by atoms with van der Waals surface area (Å²) in [5, 5.41) is 16.0. The van der Waals surface area contributed by atoms with Crippen molar-refractivity contribution >= 4 is 34.3 Å². The summed E-state index contributed by atoms with van der Waals surface area (Å²) < 4.78 is 0. The maximum atomic E-state index is 13.6. The first-order valence-electron chi connectivity index (χ1n) is 12.0. The van der Waals surface area contributed by atoms with Gasteiger partial charge in [0.1, 0.15) is 6.04 Å². The summed E-state index contributed by atoms with van der Waals surface area (Å²) in [6.45, 7) is 8.53. The molecule has 3 aromatic rings. The number of para-hydroxylation sites is 1. The molecule has 6 nitrogen and oxygen atoms in total. The van der Waals surface area contributed by atoms with Gasteiger partial charge in [0, 0.05) is 35.1 Å². The third-order valence-corrected chi connectivity index (χ3v) is 7.45. The minimum Gasteiger partial charge on any atom is -0.384 e. The average molecular weight is 494 g/mol. The van der Waals surface area contributed by atoms with E-state index in [4.69, 9.17) is 11.6 Å². The summed E-state index contributed by atoms with van der Waals surface area (Å²) in [6, 6.07) is 15.7. The minimum absolute atomic E-state index is 0.111. The quantitative estimate of drug-likeness (QED) is 0.535. The smallest absolute Gasteiger partial charge is 0.252 e. The van der Waals surface area contributed by atoms with Crippen molar-refractivity contribution in [3.05, 3.63) is 76.9 Å². The minimum atomic E-state index is -1.10. The average Bonchev–Trinajstić information content (AvgIpc) is 2.83. The summed E-state index contributed by atoms with van der Waals surface area (Å²) in [7, 11) is 0. The van der Waals surface area contributed by atoms with Crippen LogP contribution in [0.1, 0.15) is 50.0 Å². The van der Waals surface area contributed by atoms with Crippen LogP contribution in [0.2, 0.25) is 5.02 Å². The summed E-state index contributed by atoms with van der Waals surface area (Å²) in [6.07, 6.45) is 2.00. The summed E-state index contributed by atoms with van der Waals surface area (Å²) in [5.41, 5.74) is 0.303. The van der Waals surface area contributed by atoms with Gasteiger partial charge < -0.3 is 15.3 Å². The first-order chi connectivity index (χ1) is 16.5. The van der Waals surface area contributed by atoms with Crippen molar-refractivity contribution in [2.45, 2.75) is 45.8 Å². The second kappa shape index (κ2) is 9.59. The Hall–Kier alpha value is -2.96. The number of likely N-dealkylation sites (tertiary alicyclic amines) is 1.